The van der Waals surface area contributed by atoms with E-state index in [0.29, 0.717) is 0 Å². The third-order valence-electron chi connectivity index (χ3n) is 6.61. The lowest BCUT2D eigenvalue weighted by Crippen LogP contribution is -2.56. The molecule has 0 aromatic rings. The van der Waals surface area contributed by atoms with E-state index in [1.54, 1.807) is 27.0 Å². The molecule has 32 heavy (non-hydrogen) atoms. The highest BCUT2D eigenvalue weighted by Crippen LogP contribution is 2.58. The highest BCUT2D eigenvalue weighted by atomic mass is 31.2. The molecule has 3 rings (SSSR count). The van der Waals surface area contributed by atoms with Crippen LogP contribution in [0.4, 0.5) is 4.79 Å². The standard InChI is InChI=1S/C20H34N3O8P/c1-7-20(6,31-32(28,29)19(4,5)27)11(3)15-13(24)14(25)17(30-15)23-9-12-8-10(2)21-16(12)22-18(23)26/h8-9,11,13-17,21,24-25,27H,7H2,1-6H3,(H,22,26)(H,28,29). The van der Waals surface area contributed by atoms with Crippen molar-refractivity contribution in [3.05, 3.63) is 23.5 Å². The van der Waals surface area contributed by atoms with Crippen LogP contribution in [0.3, 0.4) is 0 Å². The predicted octanol–water partition coefficient (Wildman–Crippen LogP) is 0.910. The Kier molecular flexibility index (Phi) is 6.60. The van der Waals surface area contributed by atoms with E-state index in [9.17, 15) is 29.6 Å². The first-order valence-corrected chi connectivity index (χ1v) is 12.2. The summed E-state index contributed by atoms with van der Waals surface area (Å²) in [4.78, 5) is 24.1. The third-order valence-corrected chi connectivity index (χ3v) is 8.66. The van der Waals surface area contributed by atoms with Crippen LogP contribution in [0.1, 0.15) is 48.0 Å². The van der Waals surface area contributed by atoms with Crippen LogP contribution in [-0.4, -0.2) is 72.8 Å². The minimum atomic E-state index is -4.45. The lowest BCUT2D eigenvalue weighted by atomic mass is 9.82. The van der Waals surface area contributed by atoms with Crippen molar-refractivity contribution < 1.29 is 38.8 Å². The van der Waals surface area contributed by atoms with Gasteiger partial charge >= 0.3 is 13.6 Å². The van der Waals surface area contributed by atoms with Crippen molar-refractivity contribution in [2.24, 2.45) is 5.92 Å². The van der Waals surface area contributed by atoms with Gasteiger partial charge in [0, 0.05) is 23.4 Å². The molecule has 0 spiro atoms. The fourth-order valence-electron chi connectivity index (χ4n) is 4.06. The minimum Gasteiger partial charge on any atom is -0.388 e. The number of fused-ring (bicyclic) bond motifs is 1. The van der Waals surface area contributed by atoms with Gasteiger partial charge in [-0.05, 0) is 40.2 Å². The summed E-state index contributed by atoms with van der Waals surface area (Å²) >= 11 is 0. The summed E-state index contributed by atoms with van der Waals surface area (Å²) in [7, 11) is -4.45. The van der Waals surface area contributed by atoms with Gasteiger partial charge in [0.15, 0.2) is 11.6 Å². The van der Waals surface area contributed by atoms with Crippen LogP contribution < -0.4 is 10.6 Å². The van der Waals surface area contributed by atoms with Crippen LogP contribution >= 0.6 is 7.60 Å². The summed E-state index contributed by atoms with van der Waals surface area (Å²) in [6, 6.07) is -0.504. The molecule has 8 atom stereocenters. The quantitative estimate of drug-likeness (QED) is 0.294. The number of hydrogen-bond donors (Lipinski definition) is 6. The first-order chi connectivity index (χ1) is 14.6. The van der Waals surface area contributed by atoms with Crippen molar-refractivity contribution in [2.75, 3.05) is 0 Å². The molecular weight excluding hydrogens is 441 g/mol. The average Bonchev–Trinajstić information content (AvgIpc) is 3.17. The van der Waals surface area contributed by atoms with Crippen LogP contribution in [-0.2, 0) is 13.8 Å². The van der Waals surface area contributed by atoms with Crippen molar-refractivity contribution in [2.45, 2.75) is 89.6 Å². The Labute approximate surface area is 187 Å². The van der Waals surface area contributed by atoms with Crippen molar-refractivity contribution in [1.82, 2.24) is 15.5 Å². The molecule has 3 aliphatic rings. The van der Waals surface area contributed by atoms with Gasteiger partial charge in [0.25, 0.3) is 0 Å². The highest BCUT2D eigenvalue weighted by Gasteiger charge is 2.55. The number of aliphatic hydroxyl groups excluding tert-OH is 2. The summed E-state index contributed by atoms with van der Waals surface area (Å²) < 4.78 is 24.1. The number of allylic oxidation sites excluding steroid dienone is 1. The maximum absolute atomic E-state index is 12.6. The first kappa shape index (κ1) is 25.2. The third kappa shape index (κ3) is 4.35. The molecule has 0 aromatic carbocycles. The number of hydrogen-bond acceptors (Lipinski definition) is 8. The molecule has 0 bridgehead atoms. The second-order valence-electron chi connectivity index (χ2n) is 9.42. The smallest absolute Gasteiger partial charge is 0.359 e. The Morgan fingerprint density at radius 3 is 2.47 bits per heavy atom. The molecule has 0 saturated carbocycles. The van der Waals surface area contributed by atoms with E-state index in [1.165, 1.54) is 18.7 Å². The van der Waals surface area contributed by atoms with Gasteiger partial charge in [0.2, 0.25) is 0 Å². The Morgan fingerprint density at radius 2 is 1.91 bits per heavy atom. The zero-order chi connectivity index (χ0) is 24.2. The molecule has 3 aliphatic heterocycles. The molecule has 8 unspecified atom stereocenters. The Bertz CT molecular complexity index is 871. The van der Waals surface area contributed by atoms with Crippen molar-refractivity contribution >= 4 is 13.6 Å². The van der Waals surface area contributed by atoms with E-state index in [1.807, 2.05) is 13.0 Å². The second-order valence-corrected chi connectivity index (χ2v) is 11.7. The minimum absolute atomic E-state index is 0.258. The van der Waals surface area contributed by atoms with Gasteiger partial charge in [0.05, 0.1) is 11.7 Å². The fourth-order valence-corrected chi connectivity index (χ4v) is 5.15. The number of nitrogens with zero attached hydrogens (tertiary/aromatic N) is 1. The van der Waals surface area contributed by atoms with E-state index >= 15 is 0 Å². The number of urea groups is 1. The van der Waals surface area contributed by atoms with Crippen molar-refractivity contribution in [3.63, 3.8) is 0 Å². The van der Waals surface area contributed by atoms with Gasteiger partial charge in [-0.15, -0.1) is 0 Å². The number of carbonyl (C=O) groups excluding carboxylic acids is 1. The summed E-state index contributed by atoms with van der Waals surface area (Å²) in [5, 5.41) is 35.4. The molecule has 0 aromatic heterocycles. The molecule has 0 radical (unpaired) electrons. The van der Waals surface area contributed by atoms with Gasteiger partial charge < -0.3 is 35.6 Å². The molecule has 0 aliphatic carbocycles. The normalized spacial score (nSPS) is 35.1. The zero-order valence-corrected chi connectivity index (χ0v) is 20.0. The summed E-state index contributed by atoms with van der Waals surface area (Å²) in [5.74, 6) is -0.687. The van der Waals surface area contributed by atoms with Gasteiger partial charge in [-0.1, -0.05) is 13.8 Å². The highest BCUT2D eigenvalue weighted by molar-refractivity contribution is 7.54. The number of ether oxygens (including phenoxy) is 1. The Morgan fingerprint density at radius 1 is 1.28 bits per heavy atom. The fraction of sp³-hybridized carbons (Fsp3) is 0.750. The lowest BCUT2D eigenvalue weighted by molar-refractivity contribution is -0.110. The largest absolute Gasteiger partial charge is 0.388 e. The molecule has 182 valence electrons. The Balaban J connectivity index is 1.83. The molecular formula is C20H34N3O8P. The van der Waals surface area contributed by atoms with E-state index in [4.69, 9.17) is 9.26 Å². The number of amides is 2. The lowest BCUT2D eigenvalue weighted by Gasteiger charge is -2.41. The predicted molar refractivity (Wildman–Crippen MR) is 115 cm³/mol. The molecule has 1 fully saturated rings. The monoisotopic (exact) mass is 475 g/mol. The van der Waals surface area contributed by atoms with Gasteiger partial charge in [-0.25, -0.2) is 4.79 Å². The van der Waals surface area contributed by atoms with E-state index in [2.05, 4.69) is 10.6 Å². The van der Waals surface area contributed by atoms with Crippen LogP contribution in [0, 0.1) is 5.92 Å². The van der Waals surface area contributed by atoms with Gasteiger partial charge in [-0.3, -0.25) is 14.0 Å². The maximum Gasteiger partial charge on any atom is 0.359 e. The number of rotatable bonds is 7. The van der Waals surface area contributed by atoms with Crippen LogP contribution in [0.5, 0.6) is 0 Å². The molecule has 11 nitrogen and oxygen atoms in total. The van der Waals surface area contributed by atoms with Crippen LogP contribution in [0.15, 0.2) is 23.5 Å². The molecule has 12 heteroatoms. The van der Waals surface area contributed by atoms with Crippen LogP contribution in [0.2, 0.25) is 0 Å². The van der Waals surface area contributed by atoms with E-state index in [-0.39, 0.29) is 12.6 Å². The number of aliphatic hydroxyl groups is 3. The topological polar surface area (TPSA) is 161 Å². The molecule has 2 amide bonds. The number of carbonyl (C=O) groups is 1. The number of nitrogens with one attached hydrogen (secondary N) is 2. The molecule has 3 heterocycles. The van der Waals surface area contributed by atoms with E-state index in [0.717, 1.165) is 11.3 Å². The molecule has 1 saturated heterocycles. The van der Waals surface area contributed by atoms with Crippen LogP contribution in [0.25, 0.3) is 0 Å². The summed E-state index contributed by atoms with van der Waals surface area (Å²) in [6.07, 6.45) is -1.67. The van der Waals surface area contributed by atoms with E-state index < -0.39 is 55.0 Å². The van der Waals surface area contributed by atoms with Crippen molar-refractivity contribution in [3.8, 4) is 0 Å². The van der Waals surface area contributed by atoms with Gasteiger partial charge in [0.1, 0.15) is 18.4 Å². The van der Waals surface area contributed by atoms with Gasteiger partial charge in [-0.2, -0.15) is 0 Å². The first-order valence-electron chi connectivity index (χ1n) is 10.6. The average molecular weight is 475 g/mol. The second kappa shape index (κ2) is 8.39. The summed E-state index contributed by atoms with van der Waals surface area (Å²) in [5.41, 5.74) is 0.365. The molecule has 6 N–H and O–H groups in total. The summed E-state index contributed by atoms with van der Waals surface area (Å²) in [6.45, 7) is 9.20. The zero-order valence-electron chi connectivity index (χ0n) is 19.1. The Hall–Kier alpha value is -1.46. The SMILES string of the molecule is CCC(C)(OP(=O)(O)C(C)(C)O)C(C)C1OC(N2C=C3C=C(C)NC3NC2=O)C(O)C1O. The van der Waals surface area contributed by atoms with Crippen molar-refractivity contribution in [1.29, 1.82) is 0 Å². The maximum atomic E-state index is 12.6.